The number of carbonyl (C=O) groups is 1. The Hall–Kier alpha value is -2.80. The Kier molecular flexibility index (Phi) is 5.21. The van der Waals surface area contributed by atoms with E-state index in [1.165, 1.54) is 12.1 Å². The second kappa shape index (κ2) is 8.14. The summed E-state index contributed by atoms with van der Waals surface area (Å²) < 4.78 is 24.3. The third-order valence-electron chi connectivity index (χ3n) is 6.15. The van der Waals surface area contributed by atoms with Gasteiger partial charge < -0.3 is 19.7 Å². The number of benzene rings is 2. The van der Waals surface area contributed by atoms with Crippen LogP contribution in [0.2, 0.25) is 0 Å². The summed E-state index contributed by atoms with van der Waals surface area (Å²) in [5, 5.41) is 3.15. The molecule has 2 fully saturated rings. The van der Waals surface area contributed by atoms with Gasteiger partial charge in [0.05, 0.1) is 6.04 Å². The summed E-state index contributed by atoms with van der Waals surface area (Å²) in [4.78, 5) is 16.9. The highest BCUT2D eigenvalue weighted by atomic mass is 19.1. The summed E-state index contributed by atoms with van der Waals surface area (Å²) in [5.41, 5.74) is 2.16. The molecule has 1 N–H and O–H groups in total. The van der Waals surface area contributed by atoms with Gasteiger partial charge in [0.2, 0.25) is 12.7 Å². The summed E-state index contributed by atoms with van der Waals surface area (Å²) >= 11 is 0. The van der Waals surface area contributed by atoms with Gasteiger partial charge in [0.15, 0.2) is 11.5 Å². The van der Waals surface area contributed by atoms with Gasteiger partial charge in [-0.2, -0.15) is 0 Å². The highest BCUT2D eigenvalue weighted by Crippen LogP contribution is 2.36. The van der Waals surface area contributed by atoms with Crippen molar-refractivity contribution in [2.45, 2.75) is 18.9 Å². The molecule has 6 nitrogen and oxygen atoms in total. The first kappa shape index (κ1) is 19.2. The fraction of sp³-hybridized carbons (Fsp3) is 0.435. The Labute approximate surface area is 175 Å². The number of nitrogens with one attached hydrogen (secondary N) is 1. The van der Waals surface area contributed by atoms with E-state index in [4.69, 9.17) is 9.47 Å². The number of carbonyl (C=O) groups excluding carboxylic acids is 1. The number of piperazine rings is 1. The number of rotatable bonds is 6. The lowest BCUT2D eigenvalue weighted by Crippen LogP contribution is -2.50. The van der Waals surface area contributed by atoms with Crippen molar-refractivity contribution in [2.75, 3.05) is 44.4 Å². The van der Waals surface area contributed by atoms with Crippen molar-refractivity contribution in [2.24, 2.45) is 5.92 Å². The van der Waals surface area contributed by atoms with Gasteiger partial charge in [0.1, 0.15) is 5.82 Å². The number of ether oxygens (including phenoxy) is 2. The van der Waals surface area contributed by atoms with Crippen LogP contribution in [0.3, 0.4) is 0 Å². The molecule has 5 rings (SSSR count). The number of hydrogen-bond donors (Lipinski definition) is 1. The molecule has 0 aromatic heterocycles. The van der Waals surface area contributed by atoms with E-state index in [0.717, 1.165) is 61.8 Å². The first-order chi connectivity index (χ1) is 14.7. The maximum absolute atomic E-state index is 13.2. The second-order valence-corrected chi connectivity index (χ2v) is 8.15. The Bertz CT molecular complexity index is 908. The van der Waals surface area contributed by atoms with Crippen LogP contribution in [0.4, 0.5) is 10.1 Å². The molecule has 1 saturated carbocycles. The molecule has 30 heavy (non-hydrogen) atoms. The summed E-state index contributed by atoms with van der Waals surface area (Å²) in [5.74, 6) is 1.66. The van der Waals surface area contributed by atoms with Gasteiger partial charge >= 0.3 is 0 Å². The molecule has 0 unspecified atom stereocenters. The highest BCUT2D eigenvalue weighted by Gasteiger charge is 2.32. The molecule has 0 spiro atoms. The lowest BCUT2D eigenvalue weighted by atomic mass is 10.0. The minimum atomic E-state index is -0.216. The van der Waals surface area contributed by atoms with Gasteiger partial charge in [-0.25, -0.2) is 4.39 Å². The lowest BCUT2D eigenvalue weighted by Gasteiger charge is -2.40. The van der Waals surface area contributed by atoms with Crippen LogP contribution in [0.5, 0.6) is 11.5 Å². The first-order valence-electron chi connectivity index (χ1n) is 10.6. The standard InChI is InChI=1S/C23H26FN3O3/c24-18-4-6-19(7-5-18)26-9-11-27(12-10-26)20(14-25-23(28)16-1-2-16)17-3-8-21-22(13-17)30-15-29-21/h3-8,13,16,20H,1-2,9-12,14-15H2,(H,25,28)/t20-/m0/s1. The normalized spacial score (nSPS) is 19.6. The molecule has 158 valence electrons. The maximum atomic E-state index is 13.2. The highest BCUT2D eigenvalue weighted by molar-refractivity contribution is 5.80. The molecule has 0 radical (unpaired) electrons. The number of fused-ring (bicyclic) bond motifs is 1. The summed E-state index contributed by atoms with van der Waals surface area (Å²) in [7, 11) is 0. The zero-order valence-electron chi connectivity index (χ0n) is 16.9. The monoisotopic (exact) mass is 411 g/mol. The van der Waals surface area contributed by atoms with Gasteiger partial charge in [-0.15, -0.1) is 0 Å². The largest absolute Gasteiger partial charge is 0.454 e. The summed E-state index contributed by atoms with van der Waals surface area (Å²) in [6.07, 6.45) is 1.99. The van der Waals surface area contributed by atoms with E-state index >= 15 is 0 Å². The van der Waals surface area contributed by atoms with Crippen molar-refractivity contribution in [3.05, 3.63) is 53.8 Å². The molecule has 1 atom stereocenters. The van der Waals surface area contributed by atoms with Crippen LogP contribution in [0.15, 0.2) is 42.5 Å². The molecular weight excluding hydrogens is 385 g/mol. The fourth-order valence-corrected chi connectivity index (χ4v) is 4.21. The third kappa shape index (κ3) is 4.07. The number of anilines is 1. The Morgan fingerprint density at radius 1 is 1.03 bits per heavy atom. The zero-order chi connectivity index (χ0) is 20.5. The molecule has 7 heteroatoms. The quantitative estimate of drug-likeness (QED) is 0.792. The van der Waals surface area contributed by atoms with Crippen LogP contribution >= 0.6 is 0 Å². The first-order valence-corrected chi connectivity index (χ1v) is 10.6. The average molecular weight is 411 g/mol. The predicted molar refractivity (Wildman–Crippen MR) is 111 cm³/mol. The lowest BCUT2D eigenvalue weighted by molar-refractivity contribution is -0.122. The fourth-order valence-electron chi connectivity index (χ4n) is 4.21. The van der Waals surface area contributed by atoms with Gasteiger partial charge in [-0.05, 0) is 54.8 Å². The molecule has 0 bridgehead atoms. The zero-order valence-corrected chi connectivity index (χ0v) is 16.9. The summed E-state index contributed by atoms with van der Waals surface area (Å²) in [6.45, 7) is 4.24. The molecule has 1 amide bonds. The molecule has 2 aliphatic heterocycles. The van der Waals surface area contributed by atoms with Crippen LogP contribution in [0, 0.1) is 11.7 Å². The van der Waals surface area contributed by atoms with E-state index in [2.05, 4.69) is 21.2 Å². The van der Waals surface area contributed by atoms with E-state index in [1.807, 2.05) is 24.3 Å². The van der Waals surface area contributed by atoms with Crippen LogP contribution in [-0.2, 0) is 4.79 Å². The molecule has 2 aromatic carbocycles. The number of nitrogens with zero attached hydrogens (tertiary/aromatic N) is 2. The molecular formula is C23H26FN3O3. The number of amides is 1. The van der Waals surface area contributed by atoms with Gasteiger partial charge in [0, 0.05) is 44.3 Å². The Balaban J connectivity index is 1.30. The predicted octanol–water partition coefficient (Wildman–Crippen LogP) is 2.94. The van der Waals surface area contributed by atoms with Crippen LogP contribution < -0.4 is 19.7 Å². The van der Waals surface area contributed by atoms with E-state index in [0.29, 0.717) is 6.54 Å². The minimum Gasteiger partial charge on any atom is -0.454 e. The van der Waals surface area contributed by atoms with Gasteiger partial charge in [-0.3, -0.25) is 9.69 Å². The van der Waals surface area contributed by atoms with Gasteiger partial charge in [0.25, 0.3) is 0 Å². The smallest absolute Gasteiger partial charge is 0.231 e. The second-order valence-electron chi connectivity index (χ2n) is 8.15. The molecule has 1 saturated heterocycles. The minimum absolute atomic E-state index is 0.0672. The van der Waals surface area contributed by atoms with Crippen LogP contribution in [-0.4, -0.2) is 50.3 Å². The molecule has 2 heterocycles. The van der Waals surface area contributed by atoms with Crippen LogP contribution in [0.1, 0.15) is 24.4 Å². The molecule has 1 aliphatic carbocycles. The van der Waals surface area contributed by atoms with E-state index in [-0.39, 0.29) is 30.5 Å². The maximum Gasteiger partial charge on any atom is 0.231 e. The van der Waals surface area contributed by atoms with Crippen LogP contribution in [0.25, 0.3) is 0 Å². The Morgan fingerprint density at radius 2 is 1.77 bits per heavy atom. The van der Waals surface area contributed by atoms with E-state index < -0.39 is 0 Å². The number of hydrogen-bond acceptors (Lipinski definition) is 5. The van der Waals surface area contributed by atoms with Crippen molar-refractivity contribution >= 4 is 11.6 Å². The average Bonchev–Trinajstić information content (AvgIpc) is 3.52. The van der Waals surface area contributed by atoms with E-state index in [9.17, 15) is 9.18 Å². The van der Waals surface area contributed by atoms with Crippen molar-refractivity contribution in [3.63, 3.8) is 0 Å². The molecule has 3 aliphatic rings. The van der Waals surface area contributed by atoms with Crippen molar-refractivity contribution in [1.29, 1.82) is 0 Å². The number of halogens is 1. The van der Waals surface area contributed by atoms with Crippen molar-refractivity contribution in [1.82, 2.24) is 10.2 Å². The topological polar surface area (TPSA) is 54.0 Å². The third-order valence-corrected chi connectivity index (χ3v) is 6.15. The van der Waals surface area contributed by atoms with Crippen molar-refractivity contribution < 1.29 is 18.7 Å². The van der Waals surface area contributed by atoms with Crippen molar-refractivity contribution in [3.8, 4) is 11.5 Å². The Morgan fingerprint density at radius 3 is 2.50 bits per heavy atom. The summed E-state index contributed by atoms with van der Waals surface area (Å²) in [6, 6.07) is 12.8. The van der Waals surface area contributed by atoms with E-state index in [1.54, 1.807) is 0 Å². The van der Waals surface area contributed by atoms with Gasteiger partial charge in [-0.1, -0.05) is 6.07 Å². The SMILES string of the molecule is O=C(NC[C@@H](c1ccc2c(c1)OCO2)N1CCN(c2ccc(F)cc2)CC1)C1CC1. The molecule has 2 aromatic rings.